The summed E-state index contributed by atoms with van der Waals surface area (Å²) in [5.41, 5.74) is 12.6. The maximum atomic E-state index is 12.8. The minimum atomic E-state index is -5.77. The highest BCUT2D eigenvalue weighted by molar-refractivity contribution is 7.89. The van der Waals surface area contributed by atoms with E-state index in [1.165, 1.54) is 24.5 Å². The standard InChI is InChI=1S/C53H72N6O9S2.C37H53N6O18P3/c1-8-55-49(61)43(57-50(62)68-51(2,3)4)27-19-21-35-56-48(60)31-16-11-22-36-58-44-33-32-40(70(54,66)67)38-42(44)52(5,6)46(58)29-14-10-15-30-47-53(7,34-20-23-37-69(63,64)65)41-26-17-18-28-45(41)59(47)39-24-12-9-13-25-39;1-4-7-8-14-40-37(45)26-11-9-13-28(18-26)55-23-33(54-17-6-3)56-22-31(44)39-15-10-12-27-20-43(36-34(27)35(38)41-24-42-36)32-19-29(57-25-53-16-5-2)30(59-32)21-58-63(49,50)61-64(51,52)60-62(46,47)48/h9-10,12-15,17-18,24-26,28-30,32-33,38,43H,8,11,16,19-23,27,31,34-37H2,1-7H3,(H5-,54,55,56,57,60,61,62,63,64,65,66,67);5-6,9-13,18,20,24,29-30,32-33H,2-4,7-8,14-17,19,21-23,25H2,1H3,(H,39,44)(H,40,45)(H,49,50)(H,51,52)(H2,38,41,42)(H2,46,47,48)/b;12-10+/t43-,53?;29?,30-,32-,33?/m01/s1. The van der Waals surface area contributed by atoms with Crippen molar-refractivity contribution < 1.29 is 130 Å². The first-order valence-electron chi connectivity index (χ1n) is 43.8. The summed E-state index contributed by atoms with van der Waals surface area (Å²) in [5.74, 6) is -0.923. The molecule has 5 amide bonds. The highest BCUT2D eigenvalue weighted by Crippen LogP contribution is 2.66. The molecule has 9 rings (SSSR count). The number of carbonyl (C=O) groups is 5. The van der Waals surface area contributed by atoms with Gasteiger partial charge in [-0.3, -0.25) is 23.7 Å². The number of hydrogen-bond donors (Lipinski definition) is 11. The van der Waals surface area contributed by atoms with Gasteiger partial charge in [0.25, 0.3) is 5.91 Å². The first-order chi connectivity index (χ1) is 63.4. The fourth-order valence-electron chi connectivity index (χ4n) is 15.1. The Hall–Kier alpha value is -9.81. The summed E-state index contributed by atoms with van der Waals surface area (Å²) < 4.78 is 150. The van der Waals surface area contributed by atoms with Crippen LogP contribution in [0.3, 0.4) is 0 Å². The van der Waals surface area contributed by atoms with E-state index in [1.807, 2.05) is 61.6 Å². The number of benzene rings is 4. The van der Waals surface area contributed by atoms with Crippen LogP contribution in [0, 0.1) is 0 Å². The number of alkyl carbamates (subject to hydrolysis) is 1. The third-order valence-electron chi connectivity index (χ3n) is 21.3. The number of aromatic nitrogens is 3. The molecular weight excluding hydrogens is 1840 g/mol. The van der Waals surface area contributed by atoms with Gasteiger partial charge in [0.2, 0.25) is 33.4 Å². The lowest BCUT2D eigenvalue weighted by Gasteiger charge is -2.30. The molecule has 0 bridgehead atoms. The number of carbonyl (C=O) groups excluding carboxylic acids is 5. The van der Waals surface area contributed by atoms with Crippen molar-refractivity contribution in [1.29, 1.82) is 0 Å². The van der Waals surface area contributed by atoms with Crippen LogP contribution in [0.4, 0.5) is 27.7 Å². The van der Waals surface area contributed by atoms with Crippen LogP contribution in [0.5, 0.6) is 5.75 Å². The number of phosphoric acid groups is 3. The second kappa shape index (κ2) is 51.4. The van der Waals surface area contributed by atoms with Crippen molar-refractivity contribution in [1.82, 2.24) is 41.1 Å². The quantitative estimate of drug-likeness (QED) is 0.00321. The van der Waals surface area contributed by atoms with Crippen molar-refractivity contribution in [3.63, 3.8) is 0 Å². The lowest BCUT2D eigenvalue weighted by molar-refractivity contribution is -0.438. The van der Waals surface area contributed by atoms with Gasteiger partial charge in [-0.25, -0.2) is 50.4 Å². The molecule has 1 fully saturated rings. The number of phosphoric ester groups is 1. The average molecular weight is 1960 g/mol. The van der Waals surface area contributed by atoms with E-state index in [1.54, 1.807) is 80.1 Å². The highest BCUT2D eigenvalue weighted by Gasteiger charge is 2.48. The van der Waals surface area contributed by atoms with Crippen molar-refractivity contribution in [3.05, 3.63) is 199 Å². The third-order valence-corrected chi connectivity index (χ3v) is 26.8. The van der Waals surface area contributed by atoms with Gasteiger partial charge in [-0.05, 0) is 160 Å². The molecule has 3 aliphatic rings. The van der Waals surface area contributed by atoms with Gasteiger partial charge in [0.15, 0.2) is 12.0 Å². The summed E-state index contributed by atoms with van der Waals surface area (Å²) in [6.07, 6.45) is 23.3. The largest absolute Gasteiger partial charge is 0.748 e. The Morgan fingerprint density at radius 2 is 1.51 bits per heavy atom. The van der Waals surface area contributed by atoms with Crippen LogP contribution < -0.4 is 47.1 Å². The van der Waals surface area contributed by atoms with Crippen LogP contribution in [-0.2, 0) is 101 Å². The Labute approximate surface area is 781 Å². The summed E-state index contributed by atoms with van der Waals surface area (Å²) in [4.78, 5) is 111. The molecule has 5 unspecified atom stereocenters. The molecule has 134 heavy (non-hydrogen) atoms. The Kier molecular flexibility index (Phi) is 42.0. The van der Waals surface area contributed by atoms with E-state index in [0.717, 1.165) is 71.7 Å². The molecule has 44 heteroatoms. The highest BCUT2D eigenvalue weighted by atomic mass is 32.2. The number of likely N-dealkylation sites (N-methyl/N-ethyl adjacent to an activating group) is 1. The number of nitrogens with two attached hydrogens (primary N) is 2. The molecule has 8 atom stereocenters. The molecule has 0 aliphatic carbocycles. The number of fused-ring (bicyclic) bond motifs is 3. The number of unbranched alkanes of at least 4 members (excludes halogenated alkanes) is 6. The number of para-hydroxylation sites is 2. The zero-order valence-electron chi connectivity index (χ0n) is 76.5. The zero-order chi connectivity index (χ0) is 98.1. The van der Waals surface area contributed by atoms with Gasteiger partial charge in [0.05, 0.1) is 51.7 Å². The number of hydrogen-bond acceptors (Lipinski definition) is 27. The fraction of sp³-hybridized carbons (Fsp3) is 0.467. The predicted molar refractivity (Wildman–Crippen MR) is 503 cm³/mol. The number of ether oxygens (including phenoxy) is 7. The van der Waals surface area contributed by atoms with E-state index < -0.39 is 115 Å². The minimum Gasteiger partial charge on any atom is -0.748 e. The Morgan fingerprint density at radius 3 is 2.22 bits per heavy atom. The van der Waals surface area contributed by atoms with Gasteiger partial charge < -0.3 is 99.1 Å². The van der Waals surface area contributed by atoms with Crippen molar-refractivity contribution in [2.45, 2.75) is 197 Å². The Bertz CT molecular complexity index is 5570. The monoisotopic (exact) mass is 1960 g/mol. The number of nitrogens with zero attached hydrogens (tertiary/aromatic N) is 5. The maximum Gasteiger partial charge on any atom is 0.490 e. The first-order valence-corrected chi connectivity index (χ1v) is 51.5. The van der Waals surface area contributed by atoms with Crippen LogP contribution in [0.25, 0.3) is 17.1 Å². The van der Waals surface area contributed by atoms with Gasteiger partial charge in [0.1, 0.15) is 74.1 Å². The molecular formula is C90H125N12O27P3S2. The number of rotatable bonds is 54. The molecule has 0 spiro atoms. The second-order valence-electron chi connectivity index (χ2n) is 33.2. The number of nitrogens with one attached hydrogen (secondary N) is 5. The summed E-state index contributed by atoms with van der Waals surface area (Å²) in [7, 11) is -25.1. The molecule has 734 valence electrons. The molecule has 1 saturated heterocycles. The number of nitrogen functional groups attached to an aromatic ring is 1. The second-order valence-corrected chi connectivity index (χ2v) is 40.7. The fourth-order valence-corrected chi connectivity index (χ4v) is 19.3. The number of sulfonamides is 1. The molecule has 39 nitrogen and oxygen atoms in total. The molecule has 13 N–H and O–H groups in total. The number of anilines is 3. The minimum absolute atomic E-state index is 0.0412. The summed E-state index contributed by atoms with van der Waals surface area (Å²) in [6, 6.07) is 29.2. The molecule has 0 saturated carbocycles. The van der Waals surface area contributed by atoms with Crippen molar-refractivity contribution >= 4 is 119 Å². The summed E-state index contributed by atoms with van der Waals surface area (Å²) in [5, 5.41) is 20.0. The van der Waals surface area contributed by atoms with E-state index in [4.69, 9.17) is 58.3 Å². The lowest BCUT2D eigenvalue weighted by Crippen LogP contribution is -2.48. The predicted octanol–water partition coefficient (Wildman–Crippen LogP) is 12.3. The molecule has 2 aromatic heterocycles. The smallest absolute Gasteiger partial charge is 0.490 e. The van der Waals surface area contributed by atoms with Crippen molar-refractivity contribution in [3.8, 4) is 5.75 Å². The molecule has 5 heterocycles. The van der Waals surface area contributed by atoms with Crippen LogP contribution in [0.2, 0.25) is 0 Å². The van der Waals surface area contributed by atoms with E-state index in [-0.39, 0.29) is 81.0 Å². The maximum absolute atomic E-state index is 12.8. The number of amides is 5. The number of primary sulfonamides is 1. The van der Waals surface area contributed by atoms with Crippen LogP contribution in [0.15, 0.2) is 182 Å². The molecule has 0 radical (unpaired) electrons. The number of allylic oxidation sites excluding steroid dienone is 6. The Morgan fingerprint density at radius 1 is 0.776 bits per heavy atom. The SMILES string of the molecule is C=CCOCOC1C[C@H](n2cc(/C=C/CNC(=O)COC(COc3cccc(C(=O)NCCCCC)c3)OCC=C)c3c(N)ncnc32)O[C@@H]1COP(=O)(O)OP(=O)(O)OP(=O)(O)O.CCNC(=O)[C@H](CCCCNC(=O)CCCCC[N+]1=C(/C=C/C=C/C=C2/N(c3ccccc3)c3ccccc3C2(C)CCCCS(=O)(=O)[O-])C(C)(C)c2cc(S(N)(=O)=O)ccc21)NC(=O)OC(C)(C)C. The molecule has 4 aromatic carbocycles. The topological polar surface area (TPSA) is 550 Å². The van der Waals surface area contributed by atoms with E-state index in [2.05, 4.69) is 126 Å². The van der Waals surface area contributed by atoms with Crippen LogP contribution in [-0.4, -0.2) is 204 Å². The first kappa shape index (κ1) is 110. The van der Waals surface area contributed by atoms with E-state index in [0.29, 0.717) is 99.0 Å². The van der Waals surface area contributed by atoms with E-state index in [9.17, 15) is 68.8 Å². The van der Waals surface area contributed by atoms with Crippen molar-refractivity contribution in [2.24, 2.45) is 5.14 Å². The summed E-state index contributed by atoms with van der Waals surface area (Å²) >= 11 is 0. The van der Waals surface area contributed by atoms with Gasteiger partial charge in [-0.1, -0.05) is 111 Å². The third kappa shape index (κ3) is 34.5. The van der Waals surface area contributed by atoms with Crippen molar-refractivity contribution in [2.75, 3.05) is 88.9 Å². The summed E-state index contributed by atoms with van der Waals surface area (Å²) in [6.45, 7) is 23.5. The van der Waals surface area contributed by atoms with Gasteiger partial charge in [0, 0.05) is 109 Å². The lowest BCUT2D eigenvalue weighted by atomic mass is 9.77. The molecule has 3 aliphatic heterocycles. The Balaban J connectivity index is 0.000000331. The normalized spacial score (nSPS) is 18.3. The van der Waals surface area contributed by atoms with Gasteiger partial charge in [-0.2, -0.15) is 13.2 Å². The van der Waals surface area contributed by atoms with E-state index >= 15 is 0 Å². The van der Waals surface area contributed by atoms with Gasteiger partial charge >= 0.3 is 29.6 Å². The average Bonchev–Trinajstić information content (AvgIpc) is 1.61. The van der Waals surface area contributed by atoms with Crippen LogP contribution in [0.1, 0.15) is 179 Å². The van der Waals surface area contributed by atoms with Gasteiger partial charge in [-0.15, -0.1) is 13.2 Å². The zero-order valence-corrected chi connectivity index (χ0v) is 80.8. The molecule has 6 aromatic rings. The van der Waals surface area contributed by atoms with Crippen LogP contribution >= 0.6 is 23.5 Å².